The van der Waals surface area contributed by atoms with Gasteiger partial charge in [0.05, 0.1) is 11.5 Å². The van der Waals surface area contributed by atoms with E-state index in [1.165, 1.54) is 0 Å². The van der Waals surface area contributed by atoms with Crippen LogP contribution in [0.3, 0.4) is 0 Å². The van der Waals surface area contributed by atoms with Crippen LogP contribution in [0.25, 0.3) is 10.1 Å². The molecular formula is C14H15NO3S2. The zero-order valence-electron chi connectivity index (χ0n) is 10.8. The highest BCUT2D eigenvalue weighted by Gasteiger charge is 2.27. The van der Waals surface area contributed by atoms with E-state index in [1.807, 2.05) is 23.6 Å². The summed E-state index contributed by atoms with van der Waals surface area (Å²) in [6.45, 7) is 0.430. The van der Waals surface area contributed by atoms with Gasteiger partial charge in [-0.15, -0.1) is 11.3 Å². The van der Waals surface area contributed by atoms with Gasteiger partial charge in [0.1, 0.15) is 0 Å². The Morgan fingerprint density at radius 2 is 2.20 bits per heavy atom. The van der Waals surface area contributed by atoms with Crippen molar-refractivity contribution in [1.82, 2.24) is 5.32 Å². The number of amides is 1. The molecule has 4 nitrogen and oxygen atoms in total. The quantitative estimate of drug-likeness (QED) is 0.944. The fourth-order valence-electron chi connectivity index (χ4n) is 2.48. The van der Waals surface area contributed by atoms with Gasteiger partial charge in [0.25, 0.3) is 5.91 Å². The number of fused-ring (bicyclic) bond motifs is 1. The van der Waals surface area contributed by atoms with Gasteiger partial charge in [-0.2, -0.15) is 0 Å². The summed E-state index contributed by atoms with van der Waals surface area (Å²) in [5.41, 5.74) is 0.622. The predicted molar refractivity (Wildman–Crippen MR) is 80.9 cm³/mol. The Bertz CT molecular complexity index is 749. The summed E-state index contributed by atoms with van der Waals surface area (Å²) in [5.74, 6) is 0.349. The van der Waals surface area contributed by atoms with Crippen molar-refractivity contribution in [1.29, 1.82) is 0 Å². The first-order valence-electron chi connectivity index (χ1n) is 6.49. The minimum atomic E-state index is -2.88. The number of carbonyl (C=O) groups is 1. The number of hydrogen-bond donors (Lipinski definition) is 1. The molecule has 20 heavy (non-hydrogen) atoms. The number of nitrogens with one attached hydrogen (secondary N) is 1. The first kappa shape index (κ1) is 13.6. The molecule has 0 aliphatic carbocycles. The Balaban J connectivity index is 1.64. The third-order valence-electron chi connectivity index (χ3n) is 3.59. The second kappa shape index (κ2) is 5.18. The molecule has 1 aromatic carbocycles. The van der Waals surface area contributed by atoms with E-state index in [4.69, 9.17) is 0 Å². The van der Waals surface area contributed by atoms with E-state index in [2.05, 4.69) is 5.32 Å². The molecule has 2 aromatic rings. The summed E-state index contributed by atoms with van der Waals surface area (Å²) in [7, 11) is -2.88. The molecule has 2 heterocycles. The second-order valence-corrected chi connectivity index (χ2v) is 8.33. The molecule has 1 amide bonds. The Labute approximate surface area is 121 Å². The van der Waals surface area contributed by atoms with Crippen LogP contribution in [0.1, 0.15) is 16.8 Å². The van der Waals surface area contributed by atoms with E-state index in [0.717, 1.165) is 10.1 Å². The Morgan fingerprint density at radius 1 is 1.35 bits per heavy atom. The summed E-state index contributed by atoms with van der Waals surface area (Å²) >= 11 is 1.64. The highest BCUT2D eigenvalue weighted by atomic mass is 32.2. The molecule has 0 unspecified atom stereocenters. The van der Waals surface area contributed by atoms with Crippen molar-refractivity contribution in [2.75, 3.05) is 18.1 Å². The molecule has 1 N–H and O–H groups in total. The molecule has 1 atom stereocenters. The number of rotatable bonds is 3. The molecule has 0 saturated carbocycles. The van der Waals surface area contributed by atoms with Crippen LogP contribution in [0, 0.1) is 5.92 Å². The number of thiophene rings is 1. The van der Waals surface area contributed by atoms with Crippen molar-refractivity contribution in [3.63, 3.8) is 0 Å². The zero-order valence-corrected chi connectivity index (χ0v) is 12.5. The maximum absolute atomic E-state index is 12.1. The van der Waals surface area contributed by atoms with Crippen molar-refractivity contribution in [3.8, 4) is 0 Å². The van der Waals surface area contributed by atoms with Gasteiger partial charge in [0, 0.05) is 16.8 Å². The summed E-state index contributed by atoms with van der Waals surface area (Å²) in [5, 5.41) is 5.89. The van der Waals surface area contributed by atoms with E-state index in [9.17, 15) is 13.2 Å². The van der Waals surface area contributed by atoms with Crippen LogP contribution in [0.5, 0.6) is 0 Å². The standard InChI is InChI=1S/C14H15NO3S2/c16-14(15-8-10-4-6-20(17,18)9-10)12-1-2-13-11(7-12)3-5-19-13/h1-3,5,7,10H,4,6,8-9H2,(H,15,16)/t10-/m0/s1. The zero-order chi connectivity index (χ0) is 14.2. The van der Waals surface area contributed by atoms with Crippen LogP contribution >= 0.6 is 11.3 Å². The maximum atomic E-state index is 12.1. The fraction of sp³-hybridized carbons (Fsp3) is 0.357. The smallest absolute Gasteiger partial charge is 0.251 e. The second-order valence-electron chi connectivity index (χ2n) is 5.15. The van der Waals surface area contributed by atoms with Crippen LogP contribution in [0.4, 0.5) is 0 Å². The van der Waals surface area contributed by atoms with Crippen molar-refractivity contribution < 1.29 is 13.2 Å². The van der Waals surface area contributed by atoms with Gasteiger partial charge in [-0.25, -0.2) is 8.42 Å². The molecule has 0 spiro atoms. The molecule has 3 rings (SSSR count). The number of benzene rings is 1. The topological polar surface area (TPSA) is 63.2 Å². The van der Waals surface area contributed by atoms with Crippen LogP contribution in [0.15, 0.2) is 29.6 Å². The molecule has 1 saturated heterocycles. The van der Waals surface area contributed by atoms with Crippen molar-refractivity contribution >= 4 is 37.2 Å². The summed E-state index contributed by atoms with van der Waals surface area (Å²) < 4.78 is 23.9. The van der Waals surface area contributed by atoms with E-state index < -0.39 is 9.84 Å². The molecule has 0 radical (unpaired) electrons. The average molecular weight is 309 g/mol. The molecule has 6 heteroatoms. The largest absolute Gasteiger partial charge is 0.352 e. The minimum Gasteiger partial charge on any atom is -0.352 e. The van der Waals surface area contributed by atoms with Gasteiger partial charge in [-0.05, 0) is 47.4 Å². The summed E-state index contributed by atoms with van der Waals surface area (Å²) in [6, 6.07) is 7.60. The molecule has 106 valence electrons. The Kier molecular flexibility index (Phi) is 3.52. The van der Waals surface area contributed by atoms with Crippen LogP contribution < -0.4 is 5.32 Å². The molecular weight excluding hydrogens is 294 g/mol. The van der Waals surface area contributed by atoms with Gasteiger partial charge < -0.3 is 5.32 Å². The van der Waals surface area contributed by atoms with E-state index in [-0.39, 0.29) is 23.3 Å². The van der Waals surface area contributed by atoms with Crippen molar-refractivity contribution in [2.24, 2.45) is 5.92 Å². The first-order valence-corrected chi connectivity index (χ1v) is 9.19. The number of hydrogen-bond acceptors (Lipinski definition) is 4. The molecule has 1 aliphatic rings. The lowest BCUT2D eigenvalue weighted by molar-refractivity contribution is 0.0948. The van der Waals surface area contributed by atoms with E-state index in [0.29, 0.717) is 18.5 Å². The predicted octanol–water partition coefficient (Wildman–Crippen LogP) is 2.07. The van der Waals surface area contributed by atoms with Crippen LogP contribution in [0.2, 0.25) is 0 Å². The monoisotopic (exact) mass is 309 g/mol. The first-order chi connectivity index (χ1) is 9.53. The lowest BCUT2D eigenvalue weighted by Crippen LogP contribution is -2.29. The van der Waals surface area contributed by atoms with Gasteiger partial charge in [0.2, 0.25) is 0 Å². The molecule has 0 bridgehead atoms. The Morgan fingerprint density at radius 3 is 2.95 bits per heavy atom. The van der Waals surface area contributed by atoms with E-state index >= 15 is 0 Å². The normalized spacial score (nSPS) is 21.1. The third-order valence-corrected chi connectivity index (χ3v) is 6.33. The molecule has 1 aromatic heterocycles. The molecule has 1 fully saturated rings. The van der Waals surface area contributed by atoms with E-state index in [1.54, 1.807) is 17.4 Å². The molecule has 1 aliphatic heterocycles. The lowest BCUT2D eigenvalue weighted by Gasteiger charge is -2.09. The highest BCUT2D eigenvalue weighted by molar-refractivity contribution is 7.91. The number of sulfone groups is 1. The maximum Gasteiger partial charge on any atom is 0.251 e. The van der Waals surface area contributed by atoms with Crippen LogP contribution in [-0.2, 0) is 9.84 Å². The van der Waals surface area contributed by atoms with Crippen molar-refractivity contribution in [2.45, 2.75) is 6.42 Å². The van der Waals surface area contributed by atoms with Gasteiger partial charge in [-0.3, -0.25) is 4.79 Å². The minimum absolute atomic E-state index is 0.0498. The van der Waals surface area contributed by atoms with Gasteiger partial charge in [0.15, 0.2) is 9.84 Å². The number of carbonyl (C=O) groups excluding carboxylic acids is 1. The van der Waals surface area contributed by atoms with Crippen LogP contribution in [-0.4, -0.2) is 32.4 Å². The summed E-state index contributed by atoms with van der Waals surface area (Å²) in [6.07, 6.45) is 0.645. The lowest BCUT2D eigenvalue weighted by atomic mass is 10.1. The van der Waals surface area contributed by atoms with Crippen molar-refractivity contribution in [3.05, 3.63) is 35.2 Å². The Hall–Kier alpha value is -1.40. The highest BCUT2D eigenvalue weighted by Crippen LogP contribution is 2.22. The van der Waals surface area contributed by atoms with Gasteiger partial charge >= 0.3 is 0 Å². The average Bonchev–Trinajstić information content (AvgIpc) is 3.01. The SMILES string of the molecule is O=C(NC[C@@H]1CCS(=O)(=O)C1)c1ccc2sccc2c1. The fourth-order valence-corrected chi connectivity index (χ4v) is 5.11. The van der Waals surface area contributed by atoms with Gasteiger partial charge in [-0.1, -0.05) is 0 Å². The third kappa shape index (κ3) is 2.86. The summed E-state index contributed by atoms with van der Waals surface area (Å²) in [4.78, 5) is 12.1.